The Morgan fingerprint density at radius 2 is 2.39 bits per heavy atom. The number of anilines is 1. The summed E-state index contributed by atoms with van der Waals surface area (Å²) < 4.78 is 1.83. The molecule has 0 aromatic carbocycles. The van der Waals surface area contributed by atoms with E-state index in [0.29, 0.717) is 30.3 Å². The van der Waals surface area contributed by atoms with Crippen LogP contribution in [0.2, 0.25) is 0 Å². The van der Waals surface area contributed by atoms with Gasteiger partial charge in [-0.3, -0.25) is 9.89 Å². The summed E-state index contributed by atoms with van der Waals surface area (Å²) in [5.74, 6) is 0.554. The third-order valence-corrected chi connectivity index (χ3v) is 2.68. The number of aromatic nitrogens is 4. The van der Waals surface area contributed by atoms with Gasteiger partial charge in [-0.1, -0.05) is 0 Å². The van der Waals surface area contributed by atoms with E-state index in [1.54, 1.807) is 24.2 Å². The zero-order valence-electron chi connectivity index (χ0n) is 10.4. The van der Waals surface area contributed by atoms with Gasteiger partial charge in [0.2, 0.25) is 0 Å². The van der Waals surface area contributed by atoms with Crippen molar-refractivity contribution in [3.05, 3.63) is 30.1 Å². The van der Waals surface area contributed by atoms with Crippen molar-refractivity contribution in [3.63, 3.8) is 0 Å². The highest BCUT2D eigenvalue weighted by molar-refractivity contribution is 5.93. The number of carbonyl (C=O) groups excluding carboxylic acids is 1. The van der Waals surface area contributed by atoms with E-state index in [2.05, 4.69) is 15.2 Å². The van der Waals surface area contributed by atoms with Crippen LogP contribution in [0.3, 0.4) is 0 Å². The van der Waals surface area contributed by atoms with E-state index >= 15 is 0 Å². The number of amides is 1. The number of nitrogens with zero attached hydrogens (tertiary/aromatic N) is 4. The normalized spacial score (nSPS) is 10.6. The second kappa shape index (κ2) is 4.91. The molecule has 0 saturated heterocycles. The van der Waals surface area contributed by atoms with Crippen LogP contribution in [0, 0.1) is 0 Å². The van der Waals surface area contributed by atoms with Crippen LogP contribution >= 0.6 is 0 Å². The Morgan fingerprint density at radius 3 is 3.00 bits per heavy atom. The predicted octanol–water partition coefficient (Wildman–Crippen LogP) is 0.480. The maximum absolute atomic E-state index is 12.3. The van der Waals surface area contributed by atoms with Crippen molar-refractivity contribution in [2.45, 2.75) is 20.0 Å². The average Bonchev–Trinajstić information content (AvgIpc) is 2.97. The summed E-state index contributed by atoms with van der Waals surface area (Å²) in [4.78, 5) is 17.8. The van der Waals surface area contributed by atoms with E-state index in [1.807, 2.05) is 11.5 Å². The summed E-state index contributed by atoms with van der Waals surface area (Å²) in [6.45, 7) is 3.05. The topological polar surface area (TPSA) is 92.8 Å². The molecule has 2 rings (SSSR count). The molecule has 0 aliphatic heterocycles. The van der Waals surface area contributed by atoms with Crippen LogP contribution in [0.4, 0.5) is 5.69 Å². The van der Waals surface area contributed by atoms with Gasteiger partial charge in [-0.05, 0) is 13.0 Å². The van der Waals surface area contributed by atoms with E-state index in [4.69, 9.17) is 5.73 Å². The standard InChI is InChI=1S/C11H16N6O/c1-3-17-5-8(12)4-9(17)11(18)16(2)6-10-13-7-14-15-10/h4-5,7H,3,6,12H2,1-2H3,(H,13,14,15). The Kier molecular flexibility index (Phi) is 3.31. The smallest absolute Gasteiger partial charge is 0.270 e. The molecule has 96 valence electrons. The van der Waals surface area contributed by atoms with Gasteiger partial charge in [0, 0.05) is 19.8 Å². The fourth-order valence-electron chi connectivity index (χ4n) is 1.77. The molecule has 0 aliphatic rings. The zero-order valence-corrected chi connectivity index (χ0v) is 10.4. The molecule has 0 spiro atoms. The maximum atomic E-state index is 12.3. The van der Waals surface area contributed by atoms with Crippen LogP contribution in [0.1, 0.15) is 23.2 Å². The zero-order chi connectivity index (χ0) is 13.1. The van der Waals surface area contributed by atoms with Gasteiger partial charge in [0.1, 0.15) is 17.8 Å². The minimum atomic E-state index is -0.0926. The third kappa shape index (κ3) is 2.34. The summed E-state index contributed by atoms with van der Waals surface area (Å²) >= 11 is 0. The molecular formula is C11H16N6O. The lowest BCUT2D eigenvalue weighted by Gasteiger charge is -2.16. The summed E-state index contributed by atoms with van der Waals surface area (Å²) in [6, 6.07) is 1.68. The molecule has 2 aromatic heterocycles. The van der Waals surface area contributed by atoms with Gasteiger partial charge in [0.25, 0.3) is 5.91 Å². The average molecular weight is 248 g/mol. The van der Waals surface area contributed by atoms with Gasteiger partial charge in [0.15, 0.2) is 0 Å². The van der Waals surface area contributed by atoms with E-state index in [-0.39, 0.29) is 5.91 Å². The highest BCUT2D eigenvalue weighted by atomic mass is 16.2. The first-order chi connectivity index (χ1) is 8.61. The number of aromatic amines is 1. The van der Waals surface area contributed by atoms with Gasteiger partial charge in [-0.15, -0.1) is 0 Å². The van der Waals surface area contributed by atoms with Crippen molar-refractivity contribution in [3.8, 4) is 0 Å². The molecular weight excluding hydrogens is 232 g/mol. The monoisotopic (exact) mass is 248 g/mol. The summed E-state index contributed by atoms with van der Waals surface area (Å²) in [5.41, 5.74) is 6.88. The number of hydrogen-bond donors (Lipinski definition) is 2. The molecule has 2 aromatic rings. The van der Waals surface area contributed by atoms with Crippen LogP contribution in [-0.4, -0.2) is 37.6 Å². The number of nitrogens with one attached hydrogen (secondary N) is 1. The van der Waals surface area contributed by atoms with Crippen molar-refractivity contribution in [2.24, 2.45) is 0 Å². The molecule has 1 amide bonds. The highest BCUT2D eigenvalue weighted by Gasteiger charge is 2.17. The number of hydrogen-bond acceptors (Lipinski definition) is 4. The Morgan fingerprint density at radius 1 is 1.61 bits per heavy atom. The quantitative estimate of drug-likeness (QED) is 0.823. The highest BCUT2D eigenvalue weighted by Crippen LogP contribution is 2.13. The van der Waals surface area contributed by atoms with Crippen molar-refractivity contribution in [1.29, 1.82) is 0 Å². The molecule has 0 fully saturated rings. The first-order valence-corrected chi connectivity index (χ1v) is 5.67. The van der Waals surface area contributed by atoms with E-state index in [1.165, 1.54) is 6.33 Å². The number of nitrogen functional groups attached to an aromatic ring is 1. The molecule has 0 saturated carbocycles. The Hall–Kier alpha value is -2.31. The summed E-state index contributed by atoms with van der Waals surface area (Å²) in [5, 5.41) is 6.47. The number of rotatable bonds is 4. The van der Waals surface area contributed by atoms with E-state index in [0.717, 1.165) is 0 Å². The number of carbonyl (C=O) groups is 1. The molecule has 3 N–H and O–H groups in total. The van der Waals surface area contributed by atoms with Crippen molar-refractivity contribution in [1.82, 2.24) is 24.6 Å². The third-order valence-electron chi connectivity index (χ3n) is 2.68. The second-order valence-electron chi connectivity index (χ2n) is 4.04. The lowest BCUT2D eigenvalue weighted by atomic mass is 10.3. The Balaban J connectivity index is 2.15. The molecule has 2 heterocycles. The van der Waals surface area contributed by atoms with Crippen LogP contribution in [0.15, 0.2) is 18.6 Å². The number of H-pyrrole nitrogens is 1. The number of nitrogens with two attached hydrogens (primary N) is 1. The molecule has 0 radical (unpaired) electrons. The van der Waals surface area contributed by atoms with Gasteiger partial charge in [-0.25, -0.2) is 4.98 Å². The second-order valence-corrected chi connectivity index (χ2v) is 4.04. The molecule has 18 heavy (non-hydrogen) atoms. The van der Waals surface area contributed by atoms with Gasteiger partial charge in [0.05, 0.1) is 12.2 Å². The summed E-state index contributed by atoms with van der Waals surface area (Å²) in [7, 11) is 1.72. The Labute approximate surface area is 105 Å². The van der Waals surface area contributed by atoms with Gasteiger partial charge >= 0.3 is 0 Å². The van der Waals surface area contributed by atoms with Crippen LogP contribution < -0.4 is 5.73 Å². The molecule has 7 heteroatoms. The van der Waals surface area contributed by atoms with E-state index in [9.17, 15) is 4.79 Å². The molecule has 0 atom stereocenters. The lowest BCUT2D eigenvalue weighted by molar-refractivity contribution is 0.0771. The molecule has 7 nitrogen and oxygen atoms in total. The Bertz CT molecular complexity index is 530. The molecule has 0 aliphatic carbocycles. The van der Waals surface area contributed by atoms with Gasteiger partial charge in [-0.2, -0.15) is 5.10 Å². The fourth-order valence-corrected chi connectivity index (χ4v) is 1.77. The first kappa shape index (κ1) is 12.2. The van der Waals surface area contributed by atoms with Crippen molar-refractivity contribution < 1.29 is 4.79 Å². The van der Waals surface area contributed by atoms with Crippen LogP contribution in [-0.2, 0) is 13.1 Å². The van der Waals surface area contributed by atoms with Crippen LogP contribution in [0.5, 0.6) is 0 Å². The predicted molar refractivity (Wildman–Crippen MR) is 66.7 cm³/mol. The summed E-state index contributed by atoms with van der Waals surface area (Å²) in [6.07, 6.45) is 3.18. The minimum absolute atomic E-state index is 0.0926. The largest absolute Gasteiger partial charge is 0.397 e. The van der Waals surface area contributed by atoms with Crippen molar-refractivity contribution >= 4 is 11.6 Å². The minimum Gasteiger partial charge on any atom is -0.397 e. The van der Waals surface area contributed by atoms with Crippen molar-refractivity contribution in [2.75, 3.05) is 12.8 Å². The molecule has 0 unspecified atom stereocenters. The first-order valence-electron chi connectivity index (χ1n) is 5.67. The molecule has 0 bridgehead atoms. The van der Waals surface area contributed by atoms with E-state index < -0.39 is 0 Å². The lowest BCUT2D eigenvalue weighted by Crippen LogP contribution is -2.28. The maximum Gasteiger partial charge on any atom is 0.270 e. The SMILES string of the molecule is CCn1cc(N)cc1C(=O)N(C)Cc1ncn[nH]1. The van der Waals surface area contributed by atoms with Gasteiger partial charge < -0.3 is 15.2 Å². The number of aryl methyl sites for hydroxylation is 1. The fraction of sp³-hybridized carbons (Fsp3) is 0.364. The van der Waals surface area contributed by atoms with Crippen LogP contribution in [0.25, 0.3) is 0 Å².